The molecular weight excluding hydrogens is 588 g/mol. The lowest BCUT2D eigenvalue weighted by Gasteiger charge is -2.09. The van der Waals surface area contributed by atoms with Crippen molar-refractivity contribution in [2.24, 2.45) is 0 Å². The second-order valence-corrected chi connectivity index (χ2v) is 8.72. The summed E-state index contributed by atoms with van der Waals surface area (Å²) in [5, 5.41) is 33.3. The van der Waals surface area contributed by atoms with E-state index in [2.05, 4.69) is 13.2 Å². The van der Waals surface area contributed by atoms with E-state index in [0.717, 1.165) is 0 Å². The number of ether oxygens (including phenoxy) is 9. The van der Waals surface area contributed by atoms with Gasteiger partial charge in [-0.05, 0) is 20.8 Å². The van der Waals surface area contributed by atoms with E-state index in [1.165, 1.54) is 13.8 Å². The highest BCUT2D eigenvalue weighted by Gasteiger charge is 1.97. The van der Waals surface area contributed by atoms with Crippen molar-refractivity contribution in [2.75, 3.05) is 126 Å². The fourth-order valence-corrected chi connectivity index (χ4v) is 2.08. The molecule has 0 aliphatic heterocycles. The smallest absolute Gasteiger partial charge is 0.330 e. The molecule has 15 heteroatoms. The molecule has 44 heavy (non-hydrogen) atoms. The van der Waals surface area contributed by atoms with Crippen LogP contribution in [0.3, 0.4) is 0 Å². The summed E-state index contributed by atoms with van der Waals surface area (Å²) in [7, 11) is 0. The van der Waals surface area contributed by atoms with E-state index in [0.29, 0.717) is 119 Å². The molecule has 0 heterocycles. The molecule has 0 aliphatic rings. The Kier molecular flexibility index (Phi) is 41.1. The molecule has 0 aromatic carbocycles. The number of carboxylic acids is 2. The van der Waals surface area contributed by atoms with Gasteiger partial charge in [0.2, 0.25) is 0 Å². The third-order valence-corrected chi connectivity index (χ3v) is 4.30. The molecule has 1 unspecified atom stereocenters. The number of carbonyl (C=O) groups is 2. The van der Waals surface area contributed by atoms with Gasteiger partial charge in [0.15, 0.2) is 0 Å². The van der Waals surface area contributed by atoms with E-state index in [9.17, 15) is 9.59 Å². The molecule has 1 atom stereocenters. The van der Waals surface area contributed by atoms with Gasteiger partial charge >= 0.3 is 11.9 Å². The summed E-state index contributed by atoms with van der Waals surface area (Å²) in [6.45, 7) is 19.6. The van der Waals surface area contributed by atoms with Gasteiger partial charge in [0.25, 0.3) is 0 Å². The normalized spacial score (nSPS) is 11.1. The lowest BCUT2D eigenvalue weighted by Crippen LogP contribution is -2.16. The first kappa shape index (κ1) is 46.4. The van der Waals surface area contributed by atoms with Crippen molar-refractivity contribution in [3.63, 3.8) is 0 Å². The van der Waals surface area contributed by atoms with Crippen molar-refractivity contribution in [2.45, 2.75) is 26.9 Å². The predicted octanol–water partition coefficient (Wildman–Crippen LogP) is 0.803. The molecule has 0 aliphatic carbocycles. The molecule has 0 saturated heterocycles. The number of hydrogen-bond donors (Lipinski definition) is 4. The van der Waals surface area contributed by atoms with Crippen LogP contribution < -0.4 is 0 Å². The minimum atomic E-state index is -0.935. The Morgan fingerprint density at radius 3 is 0.841 bits per heavy atom. The largest absolute Gasteiger partial charge is 0.478 e. The summed E-state index contributed by atoms with van der Waals surface area (Å²) in [6, 6.07) is 0. The summed E-state index contributed by atoms with van der Waals surface area (Å²) in [4.78, 5) is 19.2. The van der Waals surface area contributed by atoms with Crippen LogP contribution in [-0.2, 0) is 52.2 Å². The second-order valence-electron chi connectivity index (χ2n) is 8.72. The zero-order valence-electron chi connectivity index (χ0n) is 26.7. The first-order valence-electron chi connectivity index (χ1n) is 14.3. The summed E-state index contributed by atoms with van der Waals surface area (Å²) in [5.74, 6) is -1.87. The SMILES string of the molecule is C=C(C)C(=O)O.C=C(C)C(=O)O.CC(O)COCCOCCOCCOCCOCCOCCOCCOCCOCCO. The van der Waals surface area contributed by atoms with E-state index >= 15 is 0 Å². The van der Waals surface area contributed by atoms with E-state index < -0.39 is 18.0 Å². The van der Waals surface area contributed by atoms with Crippen molar-refractivity contribution >= 4 is 11.9 Å². The fraction of sp³-hybridized carbons (Fsp3) is 0.793. The number of aliphatic hydroxyl groups is 2. The van der Waals surface area contributed by atoms with Gasteiger partial charge in [-0.2, -0.15) is 0 Å². The molecule has 0 aromatic heterocycles. The van der Waals surface area contributed by atoms with Crippen molar-refractivity contribution in [1.29, 1.82) is 0 Å². The molecule has 0 fully saturated rings. The minimum Gasteiger partial charge on any atom is -0.478 e. The van der Waals surface area contributed by atoms with Crippen LogP contribution in [0.4, 0.5) is 0 Å². The molecule has 0 radical (unpaired) electrons. The molecule has 0 aromatic rings. The van der Waals surface area contributed by atoms with E-state index in [1.807, 2.05) is 0 Å². The third kappa shape index (κ3) is 49.6. The number of carboxylic acid groups (broad SMARTS) is 2. The molecule has 15 nitrogen and oxygen atoms in total. The monoisotopic (exact) mass is 644 g/mol. The summed E-state index contributed by atoms with van der Waals surface area (Å²) < 4.78 is 47.9. The van der Waals surface area contributed by atoms with Crippen LogP contribution in [0.25, 0.3) is 0 Å². The van der Waals surface area contributed by atoms with Crippen molar-refractivity contribution in [1.82, 2.24) is 0 Å². The summed E-state index contributed by atoms with van der Waals surface area (Å²) in [6.07, 6.45) is -0.449. The van der Waals surface area contributed by atoms with Crippen LogP contribution in [0.2, 0.25) is 0 Å². The molecule has 0 rings (SSSR count). The zero-order chi connectivity index (χ0) is 33.7. The highest BCUT2D eigenvalue weighted by atomic mass is 16.6. The number of aliphatic carboxylic acids is 2. The maximum absolute atomic E-state index is 9.60. The highest BCUT2D eigenvalue weighted by Crippen LogP contribution is 1.87. The topological polar surface area (TPSA) is 198 Å². The van der Waals surface area contributed by atoms with E-state index in [4.69, 9.17) is 63.1 Å². The first-order chi connectivity index (χ1) is 21.1. The Hall–Kier alpha value is -2.02. The second kappa shape index (κ2) is 39.0. The summed E-state index contributed by atoms with van der Waals surface area (Å²) >= 11 is 0. The van der Waals surface area contributed by atoms with Crippen LogP contribution in [0.1, 0.15) is 20.8 Å². The van der Waals surface area contributed by atoms with Crippen LogP contribution in [0, 0.1) is 0 Å². The van der Waals surface area contributed by atoms with Crippen LogP contribution in [0.5, 0.6) is 0 Å². The van der Waals surface area contributed by atoms with Crippen molar-refractivity contribution in [3.05, 3.63) is 24.3 Å². The molecular formula is C29H56O15. The van der Waals surface area contributed by atoms with Gasteiger partial charge < -0.3 is 63.1 Å². The maximum Gasteiger partial charge on any atom is 0.330 e. The predicted molar refractivity (Wildman–Crippen MR) is 161 cm³/mol. The zero-order valence-corrected chi connectivity index (χ0v) is 26.7. The lowest BCUT2D eigenvalue weighted by molar-refractivity contribution is -0.133. The van der Waals surface area contributed by atoms with Gasteiger partial charge in [-0.3, -0.25) is 0 Å². The third-order valence-electron chi connectivity index (χ3n) is 4.30. The average molecular weight is 645 g/mol. The first-order valence-corrected chi connectivity index (χ1v) is 14.3. The van der Waals surface area contributed by atoms with Gasteiger partial charge in [-0.25, -0.2) is 9.59 Å². The Bertz CT molecular complexity index is 611. The van der Waals surface area contributed by atoms with Gasteiger partial charge in [0.1, 0.15) is 0 Å². The number of aliphatic hydroxyl groups excluding tert-OH is 2. The Morgan fingerprint density at radius 1 is 0.500 bits per heavy atom. The fourth-order valence-electron chi connectivity index (χ4n) is 2.08. The average Bonchev–Trinajstić information content (AvgIpc) is 2.97. The Balaban J connectivity index is -0.00000117. The van der Waals surface area contributed by atoms with Gasteiger partial charge in [0.05, 0.1) is 132 Å². The maximum atomic E-state index is 9.60. The molecule has 262 valence electrons. The molecule has 0 bridgehead atoms. The minimum absolute atomic E-state index is 0.0275. The van der Waals surface area contributed by atoms with Crippen LogP contribution in [-0.4, -0.2) is 164 Å². The number of hydrogen-bond acceptors (Lipinski definition) is 13. The van der Waals surface area contributed by atoms with Gasteiger partial charge in [-0.15, -0.1) is 0 Å². The van der Waals surface area contributed by atoms with Gasteiger partial charge in [-0.1, -0.05) is 13.2 Å². The number of rotatable bonds is 30. The van der Waals surface area contributed by atoms with Crippen molar-refractivity contribution in [3.8, 4) is 0 Å². The van der Waals surface area contributed by atoms with Crippen molar-refractivity contribution < 1.29 is 72.6 Å². The van der Waals surface area contributed by atoms with E-state index in [1.54, 1.807) is 6.92 Å². The standard InChI is InChI=1S/C21H44O11.2C4H6O2/c1-21(23)20-32-19-18-31-17-16-30-15-14-29-13-12-28-11-10-27-9-8-26-7-6-25-5-4-24-3-2-22;2*1-3(2)4(5)6/h21-23H,2-20H2,1H3;2*1H2,2H3,(H,5,6). The van der Waals surface area contributed by atoms with Crippen LogP contribution >= 0.6 is 0 Å². The molecule has 0 spiro atoms. The lowest BCUT2D eigenvalue weighted by atomic mass is 10.4. The molecule has 4 N–H and O–H groups in total. The quantitative estimate of drug-likeness (QED) is 0.0632. The van der Waals surface area contributed by atoms with E-state index in [-0.39, 0.29) is 17.8 Å². The highest BCUT2D eigenvalue weighted by molar-refractivity contribution is 5.85. The Morgan fingerprint density at radius 2 is 0.682 bits per heavy atom. The van der Waals surface area contributed by atoms with Gasteiger partial charge in [0, 0.05) is 11.1 Å². The Labute approximate surface area is 261 Å². The molecule has 0 saturated carbocycles. The summed E-state index contributed by atoms with van der Waals surface area (Å²) in [5.41, 5.74) is 0.352. The van der Waals surface area contributed by atoms with Crippen LogP contribution in [0.15, 0.2) is 24.3 Å². The molecule has 0 amide bonds.